The van der Waals surface area contributed by atoms with Gasteiger partial charge in [-0.3, -0.25) is 14.6 Å². The molecule has 25 heavy (non-hydrogen) atoms. The van der Waals surface area contributed by atoms with Crippen LogP contribution in [-0.4, -0.2) is 40.4 Å². The molecule has 3 rings (SSSR count). The van der Waals surface area contributed by atoms with Crippen LogP contribution in [0, 0.1) is 0 Å². The van der Waals surface area contributed by atoms with Gasteiger partial charge in [-0.15, -0.1) is 0 Å². The highest BCUT2D eigenvalue weighted by Gasteiger charge is 2.23. The largest absolute Gasteiger partial charge is 0.451 e. The number of benzene rings is 1. The highest BCUT2D eigenvalue weighted by atomic mass is 16.5. The van der Waals surface area contributed by atoms with Gasteiger partial charge in [0.05, 0.1) is 6.20 Å². The van der Waals surface area contributed by atoms with Crippen LogP contribution < -0.4 is 10.6 Å². The van der Waals surface area contributed by atoms with E-state index in [0.717, 1.165) is 12.8 Å². The standard InChI is InChI=1S/C17H16N4O4/c22-15(10-25-17(24)14-9-18-6-7-19-14)20-13-3-1-2-11(8-13)16(23)21-12-4-5-12/h1-3,6-9,12H,4-5,10H2,(H,20,22)(H,21,23). The number of amides is 2. The summed E-state index contributed by atoms with van der Waals surface area (Å²) in [6.07, 6.45) is 6.03. The summed E-state index contributed by atoms with van der Waals surface area (Å²) in [6.45, 7) is -0.464. The predicted octanol–water partition coefficient (Wildman–Crippen LogP) is 1.16. The van der Waals surface area contributed by atoms with Crippen molar-refractivity contribution in [1.29, 1.82) is 0 Å². The molecule has 0 radical (unpaired) electrons. The first-order valence-corrected chi connectivity index (χ1v) is 7.76. The van der Waals surface area contributed by atoms with E-state index in [4.69, 9.17) is 4.74 Å². The Morgan fingerprint density at radius 1 is 1.20 bits per heavy atom. The van der Waals surface area contributed by atoms with Crippen molar-refractivity contribution in [1.82, 2.24) is 15.3 Å². The van der Waals surface area contributed by atoms with E-state index >= 15 is 0 Å². The monoisotopic (exact) mass is 340 g/mol. The van der Waals surface area contributed by atoms with Crippen LogP contribution in [0.3, 0.4) is 0 Å². The number of rotatable bonds is 6. The SMILES string of the molecule is O=C(COC(=O)c1cnccn1)Nc1cccc(C(=O)NC2CC2)c1. The Morgan fingerprint density at radius 2 is 2.04 bits per heavy atom. The lowest BCUT2D eigenvalue weighted by molar-refractivity contribution is -0.119. The second kappa shape index (κ2) is 7.52. The minimum absolute atomic E-state index is 0.0223. The Morgan fingerprint density at radius 3 is 2.76 bits per heavy atom. The number of nitrogens with one attached hydrogen (secondary N) is 2. The molecular weight excluding hydrogens is 324 g/mol. The average Bonchev–Trinajstić information content (AvgIpc) is 3.44. The van der Waals surface area contributed by atoms with Gasteiger partial charge in [0.15, 0.2) is 12.3 Å². The molecule has 2 amide bonds. The van der Waals surface area contributed by atoms with Gasteiger partial charge < -0.3 is 15.4 Å². The molecule has 0 unspecified atom stereocenters. The van der Waals surface area contributed by atoms with Crippen molar-refractivity contribution in [3.63, 3.8) is 0 Å². The molecule has 1 aromatic heterocycles. The first kappa shape index (κ1) is 16.6. The zero-order valence-corrected chi connectivity index (χ0v) is 13.3. The third-order valence-corrected chi connectivity index (χ3v) is 3.43. The maximum atomic E-state index is 12.0. The normalized spacial score (nSPS) is 13.0. The van der Waals surface area contributed by atoms with Gasteiger partial charge in [-0.05, 0) is 31.0 Å². The minimum atomic E-state index is -0.735. The number of anilines is 1. The van der Waals surface area contributed by atoms with Crippen molar-refractivity contribution >= 4 is 23.5 Å². The van der Waals surface area contributed by atoms with Gasteiger partial charge in [-0.1, -0.05) is 6.07 Å². The Hall–Kier alpha value is -3.29. The third kappa shape index (κ3) is 4.84. The molecule has 0 bridgehead atoms. The fourth-order valence-electron chi connectivity index (χ4n) is 2.04. The summed E-state index contributed by atoms with van der Waals surface area (Å²) < 4.78 is 4.87. The number of ether oxygens (including phenoxy) is 1. The summed E-state index contributed by atoms with van der Waals surface area (Å²) in [4.78, 5) is 43.1. The molecule has 8 heteroatoms. The zero-order chi connectivity index (χ0) is 17.6. The lowest BCUT2D eigenvalue weighted by Gasteiger charge is -2.08. The van der Waals surface area contributed by atoms with E-state index < -0.39 is 18.5 Å². The van der Waals surface area contributed by atoms with E-state index in [2.05, 4.69) is 20.6 Å². The number of nitrogens with zero attached hydrogens (tertiary/aromatic N) is 2. The molecule has 1 heterocycles. The van der Waals surface area contributed by atoms with Gasteiger partial charge in [-0.25, -0.2) is 9.78 Å². The van der Waals surface area contributed by atoms with E-state index in [0.29, 0.717) is 11.3 Å². The van der Waals surface area contributed by atoms with Crippen molar-refractivity contribution < 1.29 is 19.1 Å². The van der Waals surface area contributed by atoms with Gasteiger partial charge in [0, 0.05) is 29.7 Å². The van der Waals surface area contributed by atoms with E-state index in [9.17, 15) is 14.4 Å². The molecular formula is C17H16N4O4. The van der Waals surface area contributed by atoms with Gasteiger partial charge in [-0.2, -0.15) is 0 Å². The van der Waals surface area contributed by atoms with Crippen LogP contribution in [0.15, 0.2) is 42.9 Å². The maximum Gasteiger partial charge on any atom is 0.359 e. The summed E-state index contributed by atoms with van der Waals surface area (Å²) >= 11 is 0. The number of carbonyl (C=O) groups excluding carboxylic acids is 3. The highest BCUT2D eigenvalue weighted by Crippen LogP contribution is 2.20. The molecule has 1 aromatic carbocycles. The van der Waals surface area contributed by atoms with Gasteiger partial charge >= 0.3 is 5.97 Å². The summed E-state index contributed by atoms with van der Waals surface area (Å²) in [5.74, 6) is -1.43. The summed E-state index contributed by atoms with van der Waals surface area (Å²) in [5, 5.41) is 5.46. The molecule has 0 spiro atoms. The zero-order valence-electron chi connectivity index (χ0n) is 13.3. The van der Waals surface area contributed by atoms with Crippen LogP contribution in [-0.2, 0) is 9.53 Å². The molecule has 8 nitrogen and oxygen atoms in total. The number of aromatic nitrogens is 2. The lowest BCUT2D eigenvalue weighted by atomic mass is 10.2. The summed E-state index contributed by atoms with van der Waals surface area (Å²) in [5.41, 5.74) is 0.930. The Labute approximate surface area is 143 Å². The molecule has 1 aliphatic rings. The van der Waals surface area contributed by atoms with E-state index in [1.165, 1.54) is 18.6 Å². The summed E-state index contributed by atoms with van der Waals surface area (Å²) in [7, 11) is 0. The fraction of sp³-hybridized carbons (Fsp3) is 0.235. The van der Waals surface area contributed by atoms with Crippen molar-refractivity contribution in [3.05, 3.63) is 54.1 Å². The van der Waals surface area contributed by atoms with E-state index in [-0.39, 0.29) is 17.6 Å². The number of hydrogen-bond donors (Lipinski definition) is 2. The Balaban J connectivity index is 1.52. The minimum Gasteiger partial charge on any atom is -0.451 e. The Kier molecular flexibility index (Phi) is 4.98. The van der Waals surface area contributed by atoms with Gasteiger partial charge in [0.2, 0.25) is 0 Å². The van der Waals surface area contributed by atoms with Crippen LogP contribution in [0.1, 0.15) is 33.7 Å². The van der Waals surface area contributed by atoms with Crippen LogP contribution in [0.4, 0.5) is 5.69 Å². The average molecular weight is 340 g/mol. The van der Waals surface area contributed by atoms with Crippen LogP contribution in [0.5, 0.6) is 0 Å². The molecule has 0 aliphatic heterocycles. The summed E-state index contributed by atoms with van der Waals surface area (Å²) in [6, 6.07) is 6.81. The first-order valence-electron chi connectivity index (χ1n) is 7.76. The van der Waals surface area contributed by atoms with Crippen LogP contribution in [0.25, 0.3) is 0 Å². The highest BCUT2D eigenvalue weighted by molar-refractivity contribution is 5.98. The molecule has 1 fully saturated rings. The lowest BCUT2D eigenvalue weighted by Crippen LogP contribution is -2.25. The molecule has 1 saturated carbocycles. The number of carbonyl (C=O) groups is 3. The number of esters is 1. The first-order chi connectivity index (χ1) is 12.1. The molecule has 0 saturated heterocycles. The molecule has 1 aliphatic carbocycles. The van der Waals surface area contributed by atoms with Crippen molar-refractivity contribution in [2.45, 2.75) is 18.9 Å². The molecule has 128 valence electrons. The topological polar surface area (TPSA) is 110 Å². The van der Waals surface area contributed by atoms with Gasteiger partial charge in [0.25, 0.3) is 11.8 Å². The molecule has 0 atom stereocenters. The smallest absolute Gasteiger partial charge is 0.359 e. The Bertz CT molecular complexity index is 790. The van der Waals surface area contributed by atoms with E-state index in [1.807, 2.05) is 0 Å². The predicted molar refractivity (Wildman–Crippen MR) is 87.9 cm³/mol. The fourth-order valence-corrected chi connectivity index (χ4v) is 2.04. The van der Waals surface area contributed by atoms with Crippen molar-refractivity contribution in [2.24, 2.45) is 0 Å². The molecule has 2 aromatic rings. The van der Waals surface area contributed by atoms with Crippen molar-refractivity contribution in [2.75, 3.05) is 11.9 Å². The van der Waals surface area contributed by atoms with E-state index in [1.54, 1.807) is 24.3 Å². The van der Waals surface area contributed by atoms with Crippen LogP contribution in [0.2, 0.25) is 0 Å². The molecule has 2 N–H and O–H groups in total. The second-order valence-electron chi connectivity index (χ2n) is 5.54. The second-order valence-corrected chi connectivity index (χ2v) is 5.54. The van der Waals surface area contributed by atoms with Gasteiger partial charge in [0.1, 0.15) is 0 Å². The van der Waals surface area contributed by atoms with Crippen molar-refractivity contribution in [3.8, 4) is 0 Å². The number of hydrogen-bond acceptors (Lipinski definition) is 6. The third-order valence-electron chi connectivity index (χ3n) is 3.43. The maximum absolute atomic E-state index is 12.0. The quantitative estimate of drug-likeness (QED) is 0.764. The van der Waals surface area contributed by atoms with Crippen LogP contribution >= 0.6 is 0 Å².